The molecule has 138 valence electrons. The predicted octanol–water partition coefficient (Wildman–Crippen LogP) is 1.04. The standard InChI is InChI=1S/C18H22N4O4/c1-12-5-7-21-10-14(19-15(21)8-12)17(24)20(2)11-16(23)22-6-3-4-13(9-22)18(25)26/h5,7-8,10,13H,3-4,6,9,11H2,1-2H3,(H,25,26). The van der Waals surface area contributed by atoms with Gasteiger partial charge in [-0.1, -0.05) is 0 Å². The molecule has 0 saturated carbocycles. The van der Waals surface area contributed by atoms with Crippen molar-refractivity contribution < 1.29 is 19.5 Å². The zero-order chi connectivity index (χ0) is 18.8. The van der Waals surface area contributed by atoms with Crippen LogP contribution in [0.25, 0.3) is 5.65 Å². The molecule has 8 heteroatoms. The number of piperidine rings is 1. The fourth-order valence-corrected chi connectivity index (χ4v) is 3.16. The normalized spacial score (nSPS) is 17.3. The average Bonchev–Trinajstić information content (AvgIpc) is 3.04. The van der Waals surface area contributed by atoms with E-state index >= 15 is 0 Å². The Morgan fingerprint density at radius 3 is 2.88 bits per heavy atom. The van der Waals surface area contributed by atoms with Crippen molar-refractivity contribution in [1.82, 2.24) is 19.2 Å². The second-order valence-electron chi connectivity index (χ2n) is 6.77. The largest absolute Gasteiger partial charge is 0.481 e. The van der Waals surface area contributed by atoms with E-state index in [-0.39, 0.29) is 30.6 Å². The number of nitrogens with zero attached hydrogens (tertiary/aromatic N) is 4. The molecule has 1 unspecified atom stereocenters. The third-order valence-corrected chi connectivity index (χ3v) is 4.68. The van der Waals surface area contributed by atoms with Gasteiger partial charge < -0.3 is 19.3 Å². The molecule has 0 aromatic carbocycles. The maximum absolute atomic E-state index is 12.6. The van der Waals surface area contributed by atoms with Crippen LogP contribution >= 0.6 is 0 Å². The van der Waals surface area contributed by atoms with Crippen molar-refractivity contribution in [1.29, 1.82) is 0 Å². The summed E-state index contributed by atoms with van der Waals surface area (Å²) in [7, 11) is 1.55. The summed E-state index contributed by atoms with van der Waals surface area (Å²) >= 11 is 0. The van der Waals surface area contributed by atoms with E-state index in [1.807, 2.05) is 25.3 Å². The van der Waals surface area contributed by atoms with Crippen LogP contribution in [0.15, 0.2) is 24.5 Å². The second kappa shape index (κ2) is 7.15. The van der Waals surface area contributed by atoms with Crippen molar-refractivity contribution in [2.75, 3.05) is 26.7 Å². The SMILES string of the molecule is Cc1ccn2cc(C(=O)N(C)CC(=O)N3CCCC(C(=O)O)C3)nc2c1. The van der Waals surface area contributed by atoms with E-state index < -0.39 is 11.9 Å². The molecule has 1 aliphatic heterocycles. The van der Waals surface area contributed by atoms with Gasteiger partial charge in [-0.15, -0.1) is 0 Å². The summed E-state index contributed by atoms with van der Waals surface area (Å²) in [6, 6.07) is 3.80. The molecule has 1 atom stereocenters. The van der Waals surface area contributed by atoms with Gasteiger partial charge >= 0.3 is 5.97 Å². The maximum atomic E-state index is 12.6. The highest BCUT2D eigenvalue weighted by molar-refractivity contribution is 5.95. The molecule has 0 spiro atoms. The molecular weight excluding hydrogens is 336 g/mol. The van der Waals surface area contributed by atoms with Gasteiger partial charge in [-0.3, -0.25) is 14.4 Å². The Hall–Kier alpha value is -2.90. The molecule has 0 aliphatic carbocycles. The fraction of sp³-hybridized carbons (Fsp3) is 0.444. The van der Waals surface area contributed by atoms with Crippen LogP contribution in [0.1, 0.15) is 28.9 Å². The van der Waals surface area contributed by atoms with Gasteiger partial charge in [0, 0.05) is 32.5 Å². The van der Waals surface area contributed by atoms with E-state index in [0.717, 1.165) is 5.56 Å². The van der Waals surface area contributed by atoms with E-state index in [1.54, 1.807) is 17.6 Å². The molecule has 2 aromatic heterocycles. The molecule has 1 saturated heterocycles. The number of carboxylic acids is 1. The first-order chi connectivity index (χ1) is 12.3. The number of amides is 2. The minimum absolute atomic E-state index is 0.0991. The first kappa shape index (κ1) is 17.9. The molecular formula is C18H22N4O4. The summed E-state index contributed by atoms with van der Waals surface area (Å²) in [5, 5.41) is 9.13. The van der Waals surface area contributed by atoms with Gasteiger partial charge in [-0.2, -0.15) is 0 Å². The number of hydrogen-bond donors (Lipinski definition) is 1. The second-order valence-corrected chi connectivity index (χ2v) is 6.77. The Morgan fingerprint density at radius 1 is 1.38 bits per heavy atom. The quantitative estimate of drug-likeness (QED) is 0.881. The van der Waals surface area contributed by atoms with Crippen LogP contribution < -0.4 is 0 Å². The van der Waals surface area contributed by atoms with E-state index in [4.69, 9.17) is 5.11 Å². The Labute approximate surface area is 151 Å². The molecule has 1 N–H and O–H groups in total. The van der Waals surface area contributed by atoms with Crippen LogP contribution in [0.4, 0.5) is 0 Å². The van der Waals surface area contributed by atoms with Crippen LogP contribution in [0.3, 0.4) is 0 Å². The molecule has 0 radical (unpaired) electrons. The summed E-state index contributed by atoms with van der Waals surface area (Å²) in [5.74, 6) is -2.00. The Bertz CT molecular complexity index is 860. The first-order valence-electron chi connectivity index (χ1n) is 8.56. The molecule has 3 heterocycles. The number of carbonyl (C=O) groups excluding carboxylic acids is 2. The van der Waals surface area contributed by atoms with Crippen LogP contribution in [0, 0.1) is 12.8 Å². The van der Waals surface area contributed by atoms with Crippen LogP contribution in [0.2, 0.25) is 0 Å². The lowest BCUT2D eigenvalue weighted by molar-refractivity contribution is -0.145. The van der Waals surface area contributed by atoms with Crippen molar-refractivity contribution in [3.8, 4) is 0 Å². The summed E-state index contributed by atoms with van der Waals surface area (Å²) in [6.07, 6.45) is 4.71. The summed E-state index contributed by atoms with van der Waals surface area (Å²) in [6.45, 7) is 2.57. The summed E-state index contributed by atoms with van der Waals surface area (Å²) < 4.78 is 1.76. The smallest absolute Gasteiger partial charge is 0.308 e. The van der Waals surface area contributed by atoms with Gasteiger partial charge in [0.2, 0.25) is 5.91 Å². The van der Waals surface area contributed by atoms with Crippen LogP contribution in [-0.4, -0.2) is 68.8 Å². The van der Waals surface area contributed by atoms with Crippen molar-refractivity contribution in [3.05, 3.63) is 35.8 Å². The number of aryl methyl sites for hydroxylation is 1. The third-order valence-electron chi connectivity index (χ3n) is 4.68. The first-order valence-corrected chi connectivity index (χ1v) is 8.56. The highest BCUT2D eigenvalue weighted by Crippen LogP contribution is 2.17. The number of carbonyl (C=O) groups is 3. The molecule has 8 nitrogen and oxygen atoms in total. The van der Waals surface area contributed by atoms with Gasteiger partial charge in [0.15, 0.2) is 0 Å². The molecule has 1 aliphatic rings. The van der Waals surface area contributed by atoms with E-state index in [2.05, 4.69) is 4.98 Å². The zero-order valence-electron chi connectivity index (χ0n) is 14.9. The number of carboxylic acid groups (broad SMARTS) is 1. The number of likely N-dealkylation sites (N-methyl/N-ethyl adjacent to an activating group) is 1. The predicted molar refractivity (Wildman–Crippen MR) is 93.8 cm³/mol. The van der Waals surface area contributed by atoms with E-state index in [1.165, 1.54) is 9.80 Å². The summed E-state index contributed by atoms with van der Waals surface area (Å²) in [5.41, 5.74) is 1.99. The highest BCUT2D eigenvalue weighted by Gasteiger charge is 2.29. The molecule has 1 fully saturated rings. The number of rotatable bonds is 4. The number of aliphatic carboxylic acids is 1. The number of pyridine rings is 1. The lowest BCUT2D eigenvalue weighted by Gasteiger charge is -2.31. The maximum Gasteiger partial charge on any atom is 0.308 e. The van der Waals surface area contributed by atoms with Gasteiger partial charge in [0.1, 0.15) is 11.3 Å². The minimum Gasteiger partial charge on any atom is -0.481 e. The molecule has 2 amide bonds. The van der Waals surface area contributed by atoms with Crippen molar-refractivity contribution in [3.63, 3.8) is 0 Å². The van der Waals surface area contributed by atoms with E-state index in [9.17, 15) is 14.4 Å². The number of likely N-dealkylation sites (tertiary alicyclic amines) is 1. The van der Waals surface area contributed by atoms with Gasteiger partial charge in [0.25, 0.3) is 5.91 Å². The van der Waals surface area contributed by atoms with Crippen LogP contribution in [-0.2, 0) is 9.59 Å². The van der Waals surface area contributed by atoms with Crippen molar-refractivity contribution >= 4 is 23.4 Å². The fourth-order valence-electron chi connectivity index (χ4n) is 3.16. The number of imidazole rings is 1. The van der Waals surface area contributed by atoms with Gasteiger partial charge in [0.05, 0.1) is 12.5 Å². The Kier molecular flexibility index (Phi) is 4.92. The number of fused-ring (bicyclic) bond motifs is 1. The highest BCUT2D eigenvalue weighted by atomic mass is 16.4. The molecule has 3 rings (SSSR count). The number of aromatic nitrogens is 2. The van der Waals surface area contributed by atoms with Gasteiger partial charge in [-0.25, -0.2) is 4.98 Å². The molecule has 2 aromatic rings. The number of hydrogen-bond acceptors (Lipinski definition) is 4. The third kappa shape index (κ3) is 3.68. The molecule has 0 bridgehead atoms. The Balaban J connectivity index is 1.66. The van der Waals surface area contributed by atoms with Crippen molar-refractivity contribution in [2.24, 2.45) is 5.92 Å². The topological polar surface area (TPSA) is 95.2 Å². The lowest BCUT2D eigenvalue weighted by Crippen LogP contribution is -2.46. The monoisotopic (exact) mass is 358 g/mol. The van der Waals surface area contributed by atoms with Crippen LogP contribution in [0.5, 0.6) is 0 Å². The zero-order valence-corrected chi connectivity index (χ0v) is 14.9. The van der Waals surface area contributed by atoms with Gasteiger partial charge in [-0.05, 0) is 37.5 Å². The molecule has 26 heavy (non-hydrogen) atoms. The van der Waals surface area contributed by atoms with Crippen molar-refractivity contribution in [2.45, 2.75) is 19.8 Å². The lowest BCUT2D eigenvalue weighted by atomic mass is 9.98. The Morgan fingerprint density at radius 2 is 2.15 bits per heavy atom. The van der Waals surface area contributed by atoms with E-state index in [0.29, 0.717) is 25.0 Å². The summed E-state index contributed by atoms with van der Waals surface area (Å²) in [4.78, 5) is 43.3. The average molecular weight is 358 g/mol. The minimum atomic E-state index is -0.882.